The third-order valence-electron chi connectivity index (χ3n) is 2.43. The smallest absolute Gasteiger partial charge is 0.123 e. The van der Waals surface area contributed by atoms with E-state index in [1.54, 1.807) is 12.1 Å². The van der Waals surface area contributed by atoms with Crippen molar-refractivity contribution in [3.8, 4) is 0 Å². The summed E-state index contributed by atoms with van der Waals surface area (Å²) in [5, 5.41) is 3.33. The SMILES string of the molecule is CCCNCC(OC(C)C)c1ccc(F)cc1. The maximum absolute atomic E-state index is 12.9. The lowest BCUT2D eigenvalue weighted by Gasteiger charge is -2.21. The molecule has 0 heterocycles. The lowest BCUT2D eigenvalue weighted by Crippen LogP contribution is -2.25. The van der Waals surface area contributed by atoms with Crippen molar-refractivity contribution in [2.24, 2.45) is 0 Å². The van der Waals surface area contributed by atoms with Gasteiger partial charge in [0.15, 0.2) is 0 Å². The molecule has 0 aliphatic rings. The normalized spacial score (nSPS) is 13.0. The van der Waals surface area contributed by atoms with Gasteiger partial charge >= 0.3 is 0 Å². The lowest BCUT2D eigenvalue weighted by atomic mass is 10.1. The zero-order chi connectivity index (χ0) is 12.7. The summed E-state index contributed by atoms with van der Waals surface area (Å²) < 4.78 is 18.7. The van der Waals surface area contributed by atoms with Crippen molar-refractivity contribution in [2.45, 2.75) is 39.4 Å². The molecule has 0 aliphatic heterocycles. The van der Waals surface area contributed by atoms with Crippen LogP contribution < -0.4 is 5.32 Å². The fourth-order valence-corrected chi connectivity index (χ4v) is 1.66. The Morgan fingerprint density at radius 3 is 2.41 bits per heavy atom. The minimum Gasteiger partial charge on any atom is -0.370 e. The Morgan fingerprint density at radius 1 is 1.24 bits per heavy atom. The maximum atomic E-state index is 12.9. The molecule has 0 aromatic heterocycles. The molecular weight excluding hydrogens is 217 g/mol. The van der Waals surface area contributed by atoms with Crippen LogP contribution in [-0.4, -0.2) is 19.2 Å². The Kier molecular flexibility index (Phi) is 6.16. The highest BCUT2D eigenvalue weighted by atomic mass is 19.1. The molecular formula is C14H22FNO. The topological polar surface area (TPSA) is 21.3 Å². The minimum absolute atomic E-state index is 0.0119. The van der Waals surface area contributed by atoms with Crippen LogP contribution in [0.4, 0.5) is 4.39 Å². The summed E-state index contributed by atoms with van der Waals surface area (Å²) in [6.07, 6.45) is 1.24. The summed E-state index contributed by atoms with van der Waals surface area (Å²) in [7, 11) is 0. The van der Waals surface area contributed by atoms with Crippen LogP contribution >= 0.6 is 0 Å². The van der Waals surface area contributed by atoms with E-state index in [0.29, 0.717) is 0 Å². The standard InChI is InChI=1S/C14H22FNO/c1-4-9-16-10-14(17-11(2)3)12-5-7-13(15)8-6-12/h5-8,11,14,16H,4,9-10H2,1-3H3. The fourth-order valence-electron chi connectivity index (χ4n) is 1.66. The monoisotopic (exact) mass is 239 g/mol. The van der Waals surface area contributed by atoms with Gasteiger partial charge in [-0.2, -0.15) is 0 Å². The quantitative estimate of drug-likeness (QED) is 0.737. The van der Waals surface area contributed by atoms with E-state index in [0.717, 1.165) is 25.1 Å². The third kappa shape index (κ3) is 5.29. The summed E-state index contributed by atoms with van der Waals surface area (Å²) in [6, 6.07) is 6.53. The van der Waals surface area contributed by atoms with Gasteiger partial charge < -0.3 is 10.1 Å². The van der Waals surface area contributed by atoms with Crippen molar-refractivity contribution >= 4 is 0 Å². The van der Waals surface area contributed by atoms with Gasteiger partial charge in [0.1, 0.15) is 5.82 Å². The van der Waals surface area contributed by atoms with Crippen LogP contribution in [0.3, 0.4) is 0 Å². The van der Waals surface area contributed by atoms with E-state index < -0.39 is 0 Å². The Balaban J connectivity index is 2.64. The maximum Gasteiger partial charge on any atom is 0.123 e. The summed E-state index contributed by atoms with van der Waals surface area (Å²) in [4.78, 5) is 0. The molecule has 0 saturated carbocycles. The number of halogens is 1. The number of benzene rings is 1. The predicted molar refractivity (Wildman–Crippen MR) is 68.5 cm³/mol. The molecule has 0 bridgehead atoms. The zero-order valence-corrected chi connectivity index (χ0v) is 10.9. The van der Waals surface area contributed by atoms with E-state index >= 15 is 0 Å². The van der Waals surface area contributed by atoms with Gasteiger partial charge in [-0.25, -0.2) is 4.39 Å². The van der Waals surface area contributed by atoms with Crippen LogP contribution in [0.2, 0.25) is 0 Å². The van der Waals surface area contributed by atoms with Crippen LogP contribution in [0.25, 0.3) is 0 Å². The first-order valence-electron chi connectivity index (χ1n) is 6.25. The second-order valence-corrected chi connectivity index (χ2v) is 4.43. The van der Waals surface area contributed by atoms with Crippen LogP contribution in [-0.2, 0) is 4.74 Å². The van der Waals surface area contributed by atoms with Gasteiger partial charge in [0.2, 0.25) is 0 Å². The van der Waals surface area contributed by atoms with E-state index in [4.69, 9.17) is 4.74 Å². The van der Waals surface area contributed by atoms with Gasteiger partial charge in [-0.15, -0.1) is 0 Å². The van der Waals surface area contributed by atoms with E-state index in [-0.39, 0.29) is 18.0 Å². The molecule has 0 amide bonds. The van der Waals surface area contributed by atoms with E-state index in [9.17, 15) is 4.39 Å². The average Bonchev–Trinajstić information content (AvgIpc) is 2.28. The van der Waals surface area contributed by atoms with Gasteiger partial charge in [0.05, 0.1) is 12.2 Å². The van der Waals surface area contributed by atoms with Crippen molar-refractivity contribution < 1.29 is 9.13 Å². The van der Waals surface area contributed by atoms with E-state index in [1.165, 1.54) is 12.1 Å². The second-order valence-electron chi connectivity index (χ2n) is 4.43. The summed E-state index contributed by atoms with van der Waals surface area (Å²) in [6.45, 7) is 7.88. The lowest BCUT2D eigenvalue weighted by molar-refractivity contribution is 0.00721. The Morgan fingerprint density at radius 2 is 1.88 bits per heavy atom. The third-order valence-corrected chi connectivity index (χ3v) is 2.43. The van der Waals surface area contributed by atoms with Gasteiger partial charge in [-0.05, 0) is 44.5 Å². The molecule has 17 heavy (non-hydrogen) atoms. The van der Waals surface area contributed by atoms with Crippen LogP contribution in [0.5, 0.6) is 0 Å². The molecule has 0 radical (unpaired) electrons. The largest absolute Gasteiger partial charge is 0.370 e. The minimum atomic E-state index is -0.210. The molecule has 1 N–H and O–H groups in total. The van der Waals surface area contributed by atoms with Crippen molar-refractivity contribution in [1.82, 2.24) is 5.32 Å². The average molecular weight is 239 g/mol. The van der Waals surface area contributed by atoms with E-state index in [1.807, 2.05) is 13.8 Å². The highest BCUT2D eigenvalue weighted by Gasteiger charge is 2.13. The summed E-state index contributed by atoms with van der Waals surface area (Å²) in [5.41, 5.74) is 1.02. The first-order chi connectivity index (χ1) is 8.13. The van der Waals surface area contributed by atoms with Crippen molar-refractivity contribution in [3.05, 3.63) is 35.6 Å². The first-order valence-corrected chi connectivity index (χ1v) is 6.25. The summed E-state index contributed by atoms with van der Waals surface area (Å²) >= 11 is 0. The first kappa shape index (κ1) is 14.1. The molecule has 96 valence electrons. The van der Waals surface area contributed by atoms with Gasteiger partial charge in [0, 0.05) is 6.54 Å². The highest BCUT2D eigenvalue weighted by molar-refractivity contribution is 5.19. The zero-order valence-electron chi connectivity index (χ0n) is 10.9. The van der Waals surface area contributed by atoms with E-state index in [2.05, 4.69) is 12.2 Å². The van der Waals surface area contributed by atoms with Gasteiger partial charge in [-0.3, -0.25) is 0 Å². The number of hydrogen-bond acceptors (Lipinski definition) is 2. The Hall–Kier alpha value is -0.930. The van der Waals surface area contributed by atoms with Crippen molar-refractivity contribution in [3.63, 3.8) is 0 Å². The van der Waals surface area contributed by atoms with Crippen LogP contribution in [0.1, 0.15) is 38.9 Å². The molecule has 3 heteroatoms. The molecule has 2 nitrogen and oxygen atoms in total. The molecule has 0 spiro atoms. The van der Waals surface area contributed by atoms with Crippen molar-refractivity contribution in [1.29, 1.82) is 0 Å². The molecule has 0 aliphatic carbocycles. The molecule has 1 atom stereocenters. The Bertz CT molecular complexity index is 311. The molecule has 1 unspecified atom stereocenters. The summed E-state index contributed by atoms with van der Waals surface area (Å²) in [5.74, 6) is -0.210. The van der Waals surface area contributed by atoms with Crippen LogP contribution in [0, 0.1) is 5.82 Å². The Labute approximate surface area is 103 Å². The number of nitrogens with one attached hydrogen (secondary N) is 1. The molecule has 1 rings (SSSR count). The highest BCUT2D eigenvalue weighted by Crippen LogP contribution is 2.18. The molecule has 1 aromatic carbocycles. The number of ether oxygens (including phenoxy) is 1. The van der Waals surface area contributed by atoms with Crippen LogP contribution in [0.15, 0.2) is 24.3 Å². The molecule has 0 saturated heterocycles. The van der Waals surface area contributed by atoms with Crippen molar-refractivity contribution in [2.75, 3.05) is 13.1 Å². The number of hydrogen-bond donors (Lipinski definition) is 1. The molecule has 0 fully saturated rings. The molecule has 1 aromatic rings. The predicted octanol–water partition coefficient (Wildman–Crippen LogP) is 3.29. The second kappa shape index (κ2) is 7.41. The number of rotatable bonds is 7. The van der Waals surface area contributed by atoms with Gasteiger partial charge in [0.25, 0.3) is 0 Å². The fraction of sp³-hybridized carbons (Fsp3) is 0.571. The van der Waals surface area contributed by atoms with Gasteiger partial charge in [-0.1, -0.05) is 19.1 Å².